The fraction of sp³-hybridized carbons (Fsp3) is 0. The summed E-state index contributed by atoms with van der Waals surface area (Å²) >= 11 is 0. The van der Waals surface area contributed by atoms with E-state index in [1.54, 1.807) is 0 Å². The molecule has 0 amide bonds. The van der Waals surface area contributed by atoms with Gasteiger partial charge in [0, 0.05) is 32.7 Å². The van der Waals surface area contributed by atoms with E-state index < -0.39 is 0 Å². The van der Waals surface area contributed by atoms with E-state index in [0.29, 0.717) is 5.95 Å². The lowest BCUT2D eigenvalue weighted by molar-refractivity contribution is 0.676. The quantitative estimate of drug-likeness (QED) is 0.181. The number of benzene rings is 8. The van der Waals surface area contributed by atoms with Gasteiger partial charge in [-0.2, -0.15) is 0 Å². The number of fused-ring (bicyclic) bond motifs is 9. The van der Waals surface area contributed by atoms with Crippen molar-refractivity contribution in [1.29, 1.82) is 0 Å². The molecule has 252 valence electrons. The number of hydrogen-bond acceptors (Lipinski definition) is 3. The summed E-state index contributed by atoms with van der Waals surface area (Å²) in [7, 11) is 0. The molecule has 0 saturated carbocycles. The van der Waals surface area contributed by atoms with Gasteiger partial charge in [0.05, 0.1) is 27.8 Å². The van der Waals surface area contributed by atoms with Crippen molar-refractivity contribution in [2.75, 3.05) is 0 Å². The first-order valence-electron chi connectivity index (χ1n) is 18.2. The summed E-state index contributed by atoms with van der Waals surface area (Å²) in [5.74, 6) is 0.606. The molecule has 0 aliphatic rings. The van der Waals surface area contributed by atoms with Gasteiger partial charge in [0.15, 0.2) is 0 Å². The number of para-hydroxylation sites is 1. The minimum Gasteiger partial charge on any atom is -0.455 e. The van der Waals surface area contributed by atoms with E-state index in [-0.39, 0.29) is 0 Å². The molecule has 8 aromatic carbocycles. The highest BCUT2D eigenvalue weighted by molar-refractivity contribution is 6.27. The van der Waals surface area contributed by atoms with Crippen molar-refractivity contribution >= 4 is 54.5 Å². The van der Waals surface area contributed by atoms with Crippen molar-refractivity contribution in [2.24, 2.45) is 0 Å². The largest absolute Gasteiger partial charge is 0.455 e. The summed E-state index contributed by atoms with van der Waals surface area (Å²) < 4.78 is 9.21. The fourth-order valence-electron chi connectivity index (χ4n) is 8.11. The Morgan fingerprint density at radius 1 is 0.352 bits per heavy atom. The first-order valence-corrected chi connectivity index (χ1v) is 18.2. The zero-order valence-corrected chi connectivity index (χ0v) is 29.1. The van der Waals surface area contributed by atoms with Crippen LogP contribution < -0.4 is 0 Å². The highest BCUT2D eigenvalue weighted by atomic mass is 16.3. The predicted molar refractivity (Wildman–Crippen MR) is 223 cm³/mol. The lowest BCUT2D eigenvalue weighted by Gasteiger charge is -2.12. The van der Waals surface area contributed by atoms with Gasteiger partial charge >= 0.3 is 0 Å². The minimum atomic E-state index is 0.606. The molecule has 4 heteroatoms. The lowest BCUT2D eigenvalue weighted by Crippen LogP contribution is -2.04. The van der Waals surface area contributed by atoms with E-state index in [1.807, 2.05) is 12.1 Å². The molecule has 0 aliphatic heterocycles. The van der Waals surface area contributed by atoms with E-state index in [2.05, 4.69) is 180 Å². The third-order valence-electron chi connectivity index (χ3n) is 10.6. The van der Waals surface area contributed by atoms with Gasteiger partial charge in [-0.05, 0) is 64.0 Å². The Morgan fingerprint density at radius 2 is 0.926 bits per heavy atom. The normalized spacial score (nSPS) is 11.7. The molecule has 3 heterocycles. The summed E-state index contributed by atoms with van der Waals surface area (Å²) in [6.45, 7) is 0. The molecular formula is C50H31N3O. The van der Waals surface area contributed by atoms with Crippen LogP contribution in [0.2, 0.25) is 0 Å². The molecule has 0 bridgehead atoms. The first-order chi connectivity index (χ1) is 26.8. The molecule has 4 nitrogen and oxygen atoms in total. The molecule has 3 aromatic heterocycles. The van der Waals surface area contributed by atoms with Gasteiger partial charge in [-0.3, -0.25) is 4.57 Å². The second-order valence-electron chi connectivity index (χ2n) is 13.8. The molecule has 11 aromatic rings. The zero-order chi connectivity index (χ0) is 35.6. The molecule has 11 rings (SSSR count). The van der Waals surface area contributed by atoms with Crippen LogP contribution in [0.15, 0.2) is 192 Å². The second-order valence-corrected chi connectivity index (χ2v) is 13.8. The van der Waals surface area contributed by atoms with Gasteiger partial charge in [0.1, 0.15) is 11.2 Å². The average molecular weight is 690 g/mol. The predicted octanol–water partition coefficient (Wildman–Crippen LogP) is 13.3. The summed E-state index contributed by atoms with van der Waals surface area (Å²) in [5.41, 5.74) is 12.2. The Balaban J connectivity index is 1.19. The Hall–Kier alpha value is -7.30. The van der Waals surface area contributed by atoms with Crippen molar-refractivity contribution in [3.63, 3.8) is 0 Å². The zero-order valence-electron chi connectivity index (χ0n) is 29.1. The van der Waals surface area contributed by atoms with Crippen LogP contribution in [0, 0.1) is 0 Å². The van der Waals surface area contributed by atoms with E-state index in [4.69, 9.17) is 14.4 Å². The monoisotopic (exact) mass is 689 g/mol. The molecule has 0 radical (unpaired) electrons. The van der Waals surface area contributed by atoms with Crippen molar-refractivity contribution in [1.82, 2.24) is 14.5 Å². The molecule has 0 fully saturated rings. The number of aromatic nitrogens is 3. The van der Waals surface area contributed by atoms with Crippen molar-refractivity contribution in [3.8, 4) is 50.7 Å². The third kappa shape index (κ3) is 4.78. The van der Waals surface area contributed by atoms with Crippen LogP contribution in [0.1, 0.15) is 0 Å². The standard InChI is InChI=1S/C50H31N3O/c1-4-15-32(16-5-1)35-21-14-22-36(29-35)44-31-43(34-19-8-3-9-20-34)51-50(52-44)53-45-26-13-12-25-40(45)47-46(53)28-27-39-42-30-41(33-17-6-2-7-18-33)37-23-10-11-24-38(37)48(42)54-49(39)47/h1-31H. The van der Waals surface area contributed by atoms with Crippen molar-refractivity contribution in [2.45, 2.75) is 0 Å². The minimum absolute atomic E-state index is 0.606. The second kappa shape index (κ2) is 12.1. The van der Waals surface area contributed by atoms with Crippen LogP contribution in [-0.2, 0) is 0 Å². The lowest BCUT2D eigenvalue weighted by atomic mass is 9.95. The van der Waals surface area contributed by atoms with Gasteiger partial charge in [0.25, 0.3) is 0 Å². The molecule has 0 aliphatic carbocycles. The van der Waals surface area contributed by atoms with Gasteiger partial charge < -0.3 is 4.42 Å². The Bertz CT molecular complexity index is 3200. The fourth-order valence-corrected chi connectivity index (χ4v) is 8.11. The Kier molecular flexibility index (Phi) is 6.82. The molecule has 0 unspecified atom stereocenters. The molecule has 54 heavy (non-hydrogen) atoms. The summed E-state index contributed by atoms with van der Waals surface area (Å²) in [5, 5.41) is 6.59. The Labute approximate surface area is 311 Å². The highest BCUT2D eigenvalue weighted by Crippen LogP contribution is 2.44. The molecule has 0 spiro atoms. The van der Waals surface area contributed by atoms with Crippen LogP contribution in [0.5, 0.6) is 0 Å². The van der Waals surface area contributed by atoms with E-state index in [1.165, 1.54) is 16.5 Å². The van der Waals surface area contributed by atoms with Crippen molar-refractivity contribution in [3.05, 3.63) is 188 Å². The average Bonchev–Trinajstić information content (AvgIpc) is 3.80. The molecule has 0 atom stereocenters. The first kappa shape index (κ1) is 30.3. The molecule has 0 saturated heterocycles. The maximum Gasteiger partial charge on any atom is 0.235 e. The van der Waals surface area contributed by atoms with Gasteiger partial charge in [-0.25, -0.2) is 9.97 Å². The van der Waals surface area contributed by atoms with Crippen LogP contribution >= 0.6 is 0 Å². The van der Waals surface area contributed by atoms with E-state index >= 15 is 0 Å². The molecule has 0 N–H and O–H groups in total. The SMILES string of the molecule is c1ccc(-c2cccc(-c3cc(-c4ccccc4)nc(-n4c5ccccc5c5c6oc7c8ccccc8c(-c8ccccc8)cc7c6ccc54)n3)c2)cc1. The van der Waals surface area contributed by atoms with Gasteiger partial charge in [-0.15, -0.1) is 0 Å². The van der Waals surface area contributed by atoms with Crippen LogP contribution in [-0.4, -0.2) is 14.5 Å². The molecular weight excluding hydrogens is 659 g/mol. The van der Waals surface area contributed by atoms with Gasteiger partial charge in [-0.1, -0.05) is 152 Å². The van der Waals surface area contributed by atoms with E-state index in [0.717, 1.165) is 82.8 Å². The smallest absolute Gasteiger partial charge is 0.235 e. The number of hydrogen-bond donors (Lipinski definition) is 0. The van der Waals surface area contributed by atoms with Gasteiger partial charge in [0.2, 0.25) is 5.95 Å². The van der Waals surface area contributed by atoms with E-state index in [9.17, 15) is 0 Å². The topological polar surface area (TPSA) is 43.9 Å². The third-order valence-corrected chi connectivity index (χ3v) is 10.6. The highest BCUT2D eigenvalue weighted by Gasteiger charge is 2.22. The number of furan rings is 1. The summed E-state index contributed by atoms with van der Waals surface area (Å²) in [4.78, 5) is 10.6. The van der Waals surface area contributed by atoms with Crippen LogP contribution in [0.4, 0.5) is 0 Å². The number of nitrogens with zero attached hydrogens (tertiary/aromatic N) is 3. The van der Waals surface area contributed by atoms with Crippen LogP contribution in [0.25, 0.3) is 105 Å². The van der Waals surface area contributed by atoms with Crippen molar-refractivity contribution < 1.29 is 4.42 Å². The number of rotatable bonds is 5. The maximum absolute atomic E-state index is 7.01. The summed E-state index contributed by atoms with van der Waals surface area (Å²) in [6.07, 6.45) is 0. The maximum atomic E-state index is 7.01. The Morgan fingerprint density at radius 3 is 1.69 bits per heavy atom. The summed E-state index contributed by atoms with van der Waals surface area (Å²) in [6, 6.07) is 65.9. The van der Waals surface area contributed by atoms with Crippen LogP contribution in [0.3, 0.4) is 0 Å².